The molecule has 5 atom stereocenters. The van der Waals surface area contributed by atoms with Crippen molar-refractivity contribution in [3.8, 4) is 0 Å². The number of carbonyl (C=O) groups excluding carboxylic acids is 6. The first-order valence-electron chi connectivity index (χ1n) is 16.2. The molecule has 0 saturated heterocycles. The van der Waals surface area contributed by atoms with Crippen LogP contribution in [0.1, 0.15) is 85.6 Å². The summed E-state index contributed by atoms with van der Waals surface area (Å²) < 4.78 is 0. The Labute approximate surface area is 285 Å². The lowest BCUT2D eigenvalue weighted by atomic mass is 9.98. The first kappa shape index (κ1) is 42.1. The maximum atomic E-state index is 13.4. The number of ketones is 1. The molecule has 16 nitrogen and oxygen atoms in total. The fourth-order valence-corrected chi connectivity index (χ4v) is 4.92. The minimum atomic E-state index is -1.56. The highest BCUT2D eigenvalue weighted by molar-refractivity contribution is 5.95. The summed E-state index contributed by atoms with van der Waals surface area (Å²) in [6, 6.07) is -2.60. The normalized spacial score (nSPS) is 14.0. The Bertz CT molecular complexity index is 1320. The van der Waals surface area contributed by atoms with Gasteiger partial charge in [-0.25, -0.2) is 0 Å². The fraction of sp³-hybridized carbons (Fsp3) is 0.606. The molecule has 1 rings (SSSR count). The number of rotatable bonds is 22. The van der Waals surface area contributed by atoms with Crippen LogP contribution in [0.2, 0.25) is 0 Å². The number of aliphatic carboxylic acids is 2. The van der Waals surface area contributed by atoms with Crippen LogP contribution in [-0.2, 0) is 44.8 Å². The molecule has 1 heterocycles. The number of carboxylic acids is 2. The summed E-state index contributed by atoms with van der Waals surface area (Å²) >= 11 is 0. The zero-order valence-electron chi connectivity index (χ0n) is 28.9. The van der Waals surface area contributed by atoms with E-state index in [4.69, 9.17) is 5.11 Å². The summed E-state index contributed by atoms with van der Waals surface area (Å²) in [6.07, 6.45) is 2.30. The van der Waals surface area contributed by atoms with Crippen molar-refractivity contribution in [3.05, 3.63) is 30.1 Å². The minimum Gasteiger partial charge on any atom is -0.481 e. The second-order valence-corrected chi connectivity index (χ2v) is 12.9. The van der Waals surface area contributed by atoms with Crippen molar-refractivity contribution in [2.24, 2.45) is 11.8 Å². The Morgan fingerprint density at radius 1 is 0.673 bits per heavy atom. The molecule has 7 N–H and O–H groups in total. The van der Waals surface area contributed by atoms with Gasteiger partial charge < -0.3 is 36.8 Å². The molecule has 0 radical (unpaired) electrons. The molecule has 0 aliphatic heterocycles. The summed E-state index contributed by atoms with van der Waals surface area (Å²) in [5.41, 5.74) is 0.609. The van der Waals surface area contributed by atoms with Gasteiger partial charge in [0.25, 0.3) is 0 Å². The number of carboxylic acid groups (broad SMARTS) is 2. The monoisotopic (exact) mass is 690 g/mol. The second-order valence-electron chi connectivity index (χ2n) is 12.9. The quantitative estimate of drug-likeness (QED) is 0.0881. The maximum absolute atomic E-state index is 13.4. The molecule has 1 aromatic rings. The van der Waals surface area contributed by atoms with E-state index in [9.17, 15) is 43.5 Å². The Balaban J connectivity index is 3.15. The van der Waals surface area contributed by atoms with Gasteiger partial charge in [0.1, 0.15) is 18.1 Å². The van der Waals surface area contributed by atoms with E-state index >= 15 is 0 Å². The predicted molar refractivity (Wildman–Crippen MR) is 177 cm³/mol. The van der Waals surface area contributed by atoms with Gasteiger partial charge in [-0.05, 0) is 49.7 Å². The standard InChI is InChI=1S/C33H50N6O10/c1-18(2)9-10-24(31(47)38-25(20(5)40)15-29(43)44)37-28(42)14-23(12-19(3)4)36-32(48)27(16-30(45)46)39-33(49)26(35-21(6)41)13-22-8-7-11-34-17-22/h7-8,11,17-19,23-27H,9-10,12-16H2,1-6H3,(H,35,41)(H,36,48)(H,37,42)(H,38,47)(H,39,49)(H,43,44)(H,45,46)/t23-,24-,25-,26-,27-/m0/s1. The minimum absolute atomic E-state index is 0.0197. The van der Waals surface area contributed by atoms with Crippen LogP contribution in [0.15, 0.2) is 24.5 Å². The van der Waals surface area contributed by atoms with Crippen LogP contribution in [0.25, 0.3) is 0 Å². The lowest BCUT2D eigenvalue weighted by Gasteiger charge is -2.26. The Morgan fingerprint density at radius 3 is 1.76 bits per heavy atom. The Kier molecular flexibility index (Phi) is 18.2. The van der Waals surface area contributed by atoms with Gasteiger partial charge >= 0.3 is 11.9 Å². The number of aromatic nitrogens is 1. The summed E-state index contributed by atoms with van der Waals surface area (Å²) in [4.78, 5) is 104. The molecule has 1 aromatic heterocycles. The number of pyridine rings is 1. The third-order valence-corrected chi connectivity index (χ3v) is 7.27. The average molecular weight is 691 g/mol. The van der Waals surface area contributed by atoms with E-state index in [1.165, 1.54) is 19.3 Å². The van der Waals surface area contributed by atoms with Crippen LogP contribution in [-0.4, -0.2) is 92.7 Å². The van der Waals surface area contributed by atoms with Gasteiger partial charge in [0.2, 0.25) is 29.5 Å². The first-order chi connectivity index (χ1) is 22.9. The van der Waals surface area contributed by atoms with Crippen LogP contribution in [0.4, 0.5) is 0 Å². The fourth-order valence-electron chi connectivity index (χ4n) is 4.92. The van der Waals surface area contributed by atoms with Gasteiger partial charge in [-0.15, -0.1) is 0 Å². The summed E-state index contributed by atoms with van der Waals surface area (Å²) in [7, 11) is 0. The summed E-state index contributed by atoms with van der Waals surface area (Å²) in [5, 5.41) is 31.2. The second kappa shape index (κ2) is 21.2. The van der Waals surface area contributed by atoms with Crippen LogP contribution in [0, 0.1) is 11.8 Å². The average Bonchev–Trinajstić information content (AvgIpc) is 2.97. The summed E-state index contributed by atoms with van der Waals surface area (Å²) in [5.74, 6) is -6.68. The van der Waals surface area contributed by atoms with Crippen LogP contribution < -0.4 is 26.6 Å². The first-order valence-corrected chi connectivity index (χ1v) is 16.2. The van der Waals surface area contributed by atoms with E-state index in [-0.39, 0.29) is 37.5 Å². The number of nitrogens with zero attached hydrogens (tertiary/aromatic N) is 1. The van der Waals surface area contributed by atoms with E-state index in [1.807, 2.05) is 27.7 Å². The highest BCUT2D eigenvalue weighted by Crippen LogP contribution is 2.12. The molecule has 0 aliphatic carbocycles. The highest BCUT2D eigenvalue weighted by atomic mass is 16.4. The number of amides is 5. The van der Waals surface area contributed by atoms with Crippen molar-refractivity contribution >= 4 is 47.3 Å². The lowest BCUT2D eigenvalue weighted by molar-refractivity contribution is -0.141. The lowest BCUT2D eigenvalue weighted by Crippen LogP contribution is -2.56. The number of hydrogen-bond acceptors (Lipinski definition) is 9. The van der Waals surface area contributed by atoms with Crippen LogP contribution >= 0.6 is 0 Å². The predicted octanol–water partition coefficient (Wildman–Crippen LogP) is 0.479. The van der Waals surface area contributed by atoms with E-state index in [0.29, 0.717) is 12.0 Å². The highest BCUT2D eigenvalue weighted by Gasteiger charge is 2.31. The molecule has 0 bridgehead atoms. The smallest absolute Gasteiger partial charge is 0.305 e. The molecule has 0 saturated carbocycles. The summed E-state index contributed by atoms with van der Waals surface area (Å²) in [6.45, 7) is 9.87. The van der Waals surface area contributed by atoms with Gasteiger partial charge in [0, 0.05) is 38.2 Å². The topological polar surface area (TPSA) is 250 Å². The number of Topliss-reactive ketones (excluding diaryl/α,β-unsaturated/α-hetero) is 1. The van der Waals surface area contributed by atoms with Crippen molar-refractivity contribution in [1.29, 1.82) is 0 Å². The molecule has 0 fully saturated rings. The van der Waals surface area contributed by atoms with Gasteiger partial charge in [0.15, 0.2) is 5.78 Å². The van der Waals surface area contributed by atoms with Gasteiger partial charge in [-0.2, -0.15) is 0 Å². The molecule has 0 aliphatic rings. The molecular weight excluding hydrogens is 640 g/mol. The molecule has 49 heavy (non-hydrogen) atoms. The van der Waals surface area contributed by atoms with E-state index in [2.05, 4.69) is 31.6 Å². The zero-order valence-corrected chi connectivity index (χ0v) is 28.9. The van der Waals surface area contributed by atoms with Crippen molar-refractivity contribution in [1.82, 2.24) is 31.6 Å². The van der Waals surface area contributed by atoms with Crippen LogP contribution in [0.5, 0.6) is 0 Å². The van der Waals surface area contributed by atoms with Crippen molar-refractivity contribution in [2.75, 3.05) is 0 Å². The van der Waals surface area contributed by atoms with Crippen molar-refractivity contribution in [3.63, 3.8) is 0 Å². The van der Waals surface area contributed by atoms with E-state index < -0.39 is 90.3 Å². The van der Waals surface area contributed by atoms with Gasteiger partial charge in [-0.3, -0.25) is 43.3 Å². The molecule has 0 unspecified atom stereocenters. The Hall–Kier alpha value is -4.89. The molecule has 272 valence electrons. The van der Waals surface area contributed by atoms with Gasteiger partial charge in [0.05, 0.1) is 18.9 Å². The number of carbonyl (C=O) groups is 8. The maximum Gasteiger partial charge on any atom is 0.305 e. The zero-order chi connectivity index (χ0) is 37.3. The Morgan fingerprint density at radius 2 is 1.24 bits per heavy atom. The molecule has 16 heteroatoms. The van der Waals surface area contributed by atoms with Crippen LogP contribution in [0.3, 0.4) is 0 Å². The number of hydrogen-bond donors (Lipinski definition) is 7. The molecule has 5 amide bonds. The largest absolute Gasteiger partial charge is 0.481 e. The molecular formula is C33H50N6O10. The third kappa shape index (κ3) is 17.7. The van der Waals surface area contributed by atoms with Gasteiger partial charge in [-0.1, -0.05) is 33.8 Å². The van der Waals surface area contributed by atoms with Crippen molar-refractivity contribution < 1.29 is 48.6 Å². The third-order valence-electron chi connectivity index (χ3n) is 7.27. The van der Waals surface area contributed by atoms with E-state index in [0.717, 1.165) is 6.92 Å². The molecule has 0 aromatic carbocycles. The van der Waals surface area contributed by atoms with Crippen molar-refractivity contribution in [2.45, 2.75) is 117 Å². The SMILES string of the molecule is CC(=O)N[C@@H](Cc1cccnc1)C(=O)N[C@@H](CC(=O)O)C(=O)N[C@H](CC(=O)N[C@@H](CCC(C)C)C(=O)N[C@@H](CC(=O)O)C(C)=O)CC(C)C. The molecule has 0 spiro atoms. The number of nitrogens with one attached hydrogen (secondary N) is 5. The van der Waals surface area contributed by atoms with E-state index in [1.54, 1.807) is 12.1 Å².